The Balaban J connectivity index is 1.71. The van der Waals surface area contributed by atoms with Crippen molar-refractivity contribution in [2.45, 2.75) is 0 Å². The minimum atomic E-state index is -1.05. The zero-order valence-electron chi connectivity index (χ0n) is 13.4. The summed E-state index contributed by atoms with van der Waals surface area (Å²) in [4.78, 5) is 27.3. The largest absolute Gasteiger partial charge is 0.508 e. The number of benzene rings is 2. The smallest absolute Gasteiger partial charge is 0.341 e. The number of aliphatic imine (C=N–C) groups is 1. The molecule has 0 bridgehead atoms. The van der Waals surface area contributed by atoms with E-state index >= 15 is 0 Å². The number of phenolic OH excluding ortho intramolecular Hbond substituents is 1. The number of carboxylic acid groups (broad SMARTS) is 1. The number of phenols is 1. The number of ether oxygens (including phenoxy) is 1. The second-order valence-electron chi connectivity index (χ2n) is 5.25. The van der Waals surface area contributed by atoms with Gasteiger partial charge in [-0.3, -0.25) is 4.79 Å². The Morgan fingerprint density at radius 3 is 2.69 bits per heavy atom. The fourth-order valence-corrected chi connectivity index (χ4v) is 2.96. The summed E-state index contributed by atoms with van der Waals surface area (Å²) in [6, 6.07) is 13.1. The van der Waals surface area contributed by atoms with E-state index in [1.165, 1.54) is 17.8 Å². The van der Waals surface area contributed by atoms with Crippen molar-refractivity contribution in [3.8, 4) is 11.5 Å². The zero-order valence-corrected chi connectivity index (χ0v) is 14.2. The average molecular weight is 370 g/mol. The number of amidine groups is 1. The maximum atomic E-state index is 12.1. The van der Waals surface area contributed by atoms with Gasteiger partial charge in [-0.2, -0.15) is 0 Å². The van der Waals surface area contributed by atoms with Gasteiger partial charge in [-0.1, -0.05) is 18.2 Å². The summed E-state index contributed by atoms with van der Waals surface area (Å²) >= 11 is 1.19. The number of carbonyl (C=O) groups is 2. The Morgan fingerprint density at radius 1 is 1.23 bits per heavy atom. The van der Waals surface area contributed by atoms with Crippen molar-refractivity contribution in [2.24, 2.45) is 4.99 Å². The molecule has 3 N–H and O–H groups in total. The molecule has 1 aliphatic heterocycles. The molecule has 0 radical (unpaired) electrons. The van der Waals surface area contributed by atoms with Gasteiger partial charge in [-0.25, -0.2) is 9.79 Å². The fourth-order valence-electron chi connectivity index (χ4n) is 2.12. The lowest BCUT2D eigenvalue weighted by Gasteiger charge is -2.03. The number of aromatic hydroxyl groups is 1. The number of nitrogens with one attached hydrogen (secondary N) is 1. The standard InChI is InChI=1S/C18H14N2O5S/c21-13-3-1-2-12(9-13)19-18-20-17(24)15(26-18)8-11-4-6-14(7-5-11)25-10-16(22)23/h1-9,21H,10H2,(H,22,23)(H,19,20,24)/b15-8-. The Labute approximate surface area is 153 Å². The number of aliphatic carboxylic acids is 1. The topological polar surface area (TPSA) is 108 Å². The Hall–Kier alpha value is -3.26. The van der Waals surface area contributed by atoms with E-state index in [1.807, 2.05) is 0 Å². The van der Waals surface area contributed by atoms with E-state index in [2.05, 4.69) is 10.3 Å². The molecule has 0 saturated carbocycles. The predicted molar refractivity (Wildman–Crippen MR) is 98.5 cm³/mol. The number of hydrogen-bond donors (Lipinski definition) is 3. The number of rotatable bonds is 5. The lowest BCUT2D eigenvalue weighted by atomic mass is 10.2. The second-order valence-corrected chi connectivity index (χ2v) is 6.28. The molecular weight excluding hydrogens is 356 g/mol. The first kappa shape index (κ1) is 17.6. The summed E-state index contributed by atoms with van der Waals surface area (Å²) in [5, 5.41) is 21.1. The summed E-state index contributed by atoms with van der Waals surface area (Å²) in [5.41, 5.74) is 1.30. The van der Waals surface area contributed by atoms with Gasteiger partial charge in [0, 0.05) is 6.07 Å². The van der Waals surface area contributed by atoms with Crippen molar-refractivity contribution < 1.29 is 24.5 Å². The first-order valence-corrected chi connectivity index (χ1v) is 8.34. The molecule has 7 nitrogen and oxygen atoms in total. The minimum absolute atomic E-state index is 0.0992. The summed E-state index contributed by atoms with van der Waals surface area (Å²) < 4.78 is 5.06. The molecule has 2 aromatic carbocycles. The molecule has 8 heteroatoms. The van der Waals surface area contributed by atoms with Gasteiger partial charge in [0.2, 0.25) is 0 Å². The van der Waals surface area contributed by atoms with Crippen LogP contribution in [0.2, 0.25) is 0 Å². The molecule has 26 heavy (non-hydrogen) atoms. The molecule has 2 aromatic rings. The van der Waals surface area contributed by atoms with E-state index in [9.17, 15) is 14.7 Å². The molecule has 1 saturated heterocycles. The summed E-state index contributed by atoms with van der Waals surface area (Å²) in [7, 11) is 0. The molecule has 0 spiro atoms. The maximum absolute atomic E-state index is 12.1. The SMILES string of the molecule is O=C(O)COc1ccc(/C=C2\SC(=Nc3cccc(O)c3)NC2=O)cc1. The first-order valence-electron chi connectivity index (χ1n) is 7.53. The number of hydrogen-bond acceptors (Lipinski definition) is 6. The molecule has 0 aliphatic carbocycles. The quantitative estimate of drug-likeness (QED) is 0.699. The van der Waals surface area contributed by atoms with Gasteiger partial charge in [0.05, 0.1) is 10.6 Å². The molecule has 3 rings (SSSR count). The molecule has 132 valence electrons. The lowest BCUT2D eigenvalue weighted by Crippen LogP contribution is -2.19. The van der Waals surface area contributed by atoms with E-state index in [4.69, 9.17) is 9.84 Å². The van der Waals surface area contributed by atoms with Gasteiger partial charge in [-0.05, 0) is 47.7 Å². The van der Waals surface area contributed by atoms with Crippen LogP contribution in [0, 0.1) is 0 Å². The van der Waals surface area contributed by atoms with Crippen molar-refractivity contribution in [1.82, 2.24) is 5.32 Å². The van der Waals surface area contributed by atoms with Gasteiger partial charge in [0.15, 0.2) is 11.8 Å². The van der Waals surface area contributed by atoms with Gasteiger partial charge in [0.1, 0.15) is 11.5 Å². The van der Waals surface area contributed by atoms with E-state index in [1.54, 1.807) is 48.5 Å². The summed E-state index contributed by atoms with van der Waals surface area (Å²) in [6.45, 7) is -0.409. The van der Waals surface area contributed by atoms with Crippen LogP contribution in [0.25, 0.3) is 6.08 Å². The normalized spacial score (nSPS) is 16.7. The number of amides is 1. The summed E-state index contributed by atoms with van der Waals surface area (Å²) in [6.07, 6.45) is 1.70. The van der Waals surface area contributed by atoms with E-state index < -0.39 is 12.6 Å². The highest BCUT2D eigenvalue weighted by Crippen LogP contribution is 2.29. The van der Waals surface area contributed by atoms with Crippen LogP contribution in [0.15, 0.2) is 58.4 Å². The molecule has 0 unspecified atom stereocenters. The van der Waals surface area contributed by atoms with Crippen molar-refractivity contribution in [3.63, 3.8) is 0 Å². The van der Waals surface area contributed by atoms with Crippen molar-refractivity contribution in [3.05, 3.63) is 59.0 Å². The highest BCUT2D eigenvalue weighted by atomic mass is 32.2. The fraction of sp³-hybridized carbons (Fsp3) is 0.0556. The number of carbonyl (C=O) groups excluding carboxylic acids is 1. The second kappa shape index (κ2) is 7.75. The Kier molecular flexibility index (Phi) is 5.23. The van der Waals surface area contributed by atoms with Crippen molar-refractivity contribution >= 4 is 40.6 Å². The molecule has 1 aliphatic rings. The van der Waals surface area contributed by atoms with Gasteiger partial charge in [-0.15, -0.1) is 0 Å². The maximum Gasteiger partial charge on any atom is 0.341 e. The molecular formula is C18H14N2O5S. The minimum Gasteiger partial charge on any atom is -0.508 e. The van der Waals surface area contributed by atoms with Gasteiger partial charge >= 0.3 is 5.97 Å². The molecule has 1 heterocycles. The summed E-state index contributed by atoms with van der Waals surface area (Å²) in [5.74, 6) is -0.778. The van der Waals surface area contributed by atoms with Crippen LogP contribution >= 0.6 is 11.8 Å². The monoisotopic (exact) mass is 370 g/mol. The first-order chi connectivity index (χ1) is 12.5. The lowest BCUT2D eigenvalue weighted by molar-refractivity contribution is -0.139. The van der Waals surface area contributed by atoms with Crippen molar-refractivity contribution in [2.75, 3.05) is 6.61 Å². The van der Waals surface area contributed by atoms with E-state index in [-0.39, 0.29) is 11.7 Å². The number of carboxylic acids is 1. The van der Waals surface area contributed by atoms with Crippen LogP contribution in [0.4, 0.5) is 5.69 Å². The highest BCUT2D eigenvalue weighted by Gasteiger charge is 2.23. The highest BCUT2D eigenvalue weighted by molar-refractivity contribution is 8.18. The zero-order chi connectivity index (χ0) is 18.5. The van der Waals surface area contributed by atoms with Crippen LogP contribution in [0.3, 0.4) is 0 Å². The third-order valence-corrected chi connectivity index (χ3v) is 4.16. The molecule has 1 amide bonds. The van der Waals surface area contributed by atoms with Crippen molar-refractivity contribution in [1.29, 1.82) is 0 Å². The molecule has 0 atom stereocenters. The average Bonchev–Trinajstić information content (AvgIpc) is 2.93. The predicted octanol–water partition coefficient (Wildman–Crippen LogP) is 2.75. The van der Waals surface area contributed by atoms with E-state index in [0.717, 1.165) is 5.56 Å². The number of nitrogens with zero attached hydrogens (tertiary/aromatic N) is 1. The molecule has 0 aromatic heterocycles. The van der Waals surface area contributed by atoms with E-state index in [0.29, 0.717) is 21.5 Å². The van der Waals surface area contributed by atoms with Crippen LogP contribution in [-0.4, -0.2) is 33.9 Å². The third kappa shape index (κ3) is 4.64. The van der Waals surface area contributed by atoms with Crippen LogP contribution in [-0.2, 0) is 9.59 Å². The Morgan fingerprint density at radius 2 is 2.00 bits per heavy atom. The molecule has 1 fully saturated rings. The van der Waals surface area contributed by atoms with Crippen LogP contribution in [0.1, 0.15) is 5.56 Å². The van der Waals surface area contributed by atoms with Crippen LogP contribution in [0.5, 0.6) is 11.5 Å². The van der Waals surface area contributed by atoms with Crippen LogP contribution < -0.4 is 10.1 Å². The third-order valence-electron chi connectivity index (χ3n) is 3.25. The van der Waals surface area contributed by atoms with Gasteiger partial charge < -0.3 is 20.3 Å². The van der Waals surface area contributed by atoms with Gasteiger partial charge in [0.25, 0.3) is 5.91 Å². The Bertz CT molecular complexity index is 906. The number of thioether (sulfide) groups is 1.